The molecular formula is C27H48P2. The molecule has 0 atom stereocenters. The average Bonchev–Trinajstić information content (AvgIpc) is 2.40. The number of aryl methyl sites for hydroxylation is 2. The Labute approximate surface area is 185 Å². The Kier molecular flexibility index (Phi) is 8.10. The van der Waals surface area contributed by atoms with Crippen LogP contribution in [0.3, 0.4) is 0 Å². The van der Waals surface area contributed by atoms with Crippen molar-refractivity contribution in [2.75, 3.05) is 0 Å². The Morgan fingerprint density at radius 2 is 1.14 bits per heavy atom. The summed E-state index contributed by atoms with van der Waals surface area (Å²) in [5.74, 6) is 2.60. The van der Waals surface area contributed by atoms with Crippen LogP contribution in [-0.4, -0.2) is 20.6 Å². The average molecular weight is 435 g/mol. The lowest BCUT2D eigenvalue weighted by Gasteiger charge is -2.42. The number of rotatable bonds is 3. The molecule has 0 fully saturated rings. The van der Waals surface area contributed by atoms with Crippen LogP contribution >= 0.6 is 15.8 Å². The van der Waals surface area contributed by atoms with E-state index in [9.17, 15) is 0 Å². The van der Waals surface area contributed by atoms with Gasteiger partial charge in [-0.3, -0.25) is 0 Å². The fraction of sp³-hybridized carbons (Fsp3) is 0.704. The van der Waals surface area contributed by atoms with E-state index in [2.05, 4.69) is 115 Å². The molecule has 0 aliphatic rings. The van der Waals surface area contributed by atoms with Crippen molar-refractivity contribution in [1.29, 1.82) is 0 Å². The van der Waals surface area contributed by atoms with Gasteiger partial charge < -0.3 is 0 Å². The van der Waals surface area contributed by atoms with E-state index in [1.54, 1.807) is 0 Å². The molecule has 1 rings (SSSR count). The number of hydrogen-bond acceptors (Lipinski definition) is 0. The van der Waals surface area contributed by atoms with E-state index >= 15 is 0 Å². The summed E-state index contributed by atoms with van der Waals surface area (Å²) in [7, 11) is -0.486. The van der Waals surface area contributed by atoms with Crippen LogP contribution in [-0.2, 0) is 6.16 Å². The van der Waals surface area contributed by atoms with Crippen LogP contribution in [0.15, 0.2) is 6.07 Å². The first-order valence-corrected chi connectivity index (χ1v) is 14.0. The standard InChI is InChI=1S/C27H48P2/c1-19-16-20(2)23(18-29(26(10,11)12)27(13,14)15)21(3)22(19)17-28(24(4,5)6)25(7,8)9/h16-17H,3,18H2,1-2,4-15H3/b22-17+. The molecular weight excluding hydrogens is 386 g/mol. The van der Waals surface area contributed by atoms with E-state index < -0.39 is 0 Å². The Morgan fingerprint density at radius 3 is 1.48 bits per heavy atom. The summed E-state index contributed by atoms with van der Waals surface area (Å²) >= 11 is 0. The van der Waals surface area contributed by atoms with Gasteiger partial charge in [-0.15, -0.1) is 0 Å². The molecule has 0 saturated heterocycles. The molecule has 1 aromatic carbocycles. The van der Waals surface area contributed by atoms with Crippen molar-refractivity contribution in [2.45, 2.75) is 124 Å². The van der Waals surface area contributed by atoms with Crippen molar-refractivity contribution in [2.24, 2.45) is 0 Å². The topological polar surface area (TPSA) is 0 Å². The van der Waals surface area contributed by atoms with Crippen LogP contribution in [0, 0.1) is 13.8 Å². The summed E-state index contributed by atoms with van der Waals surface area (Å²) in [6.45, 7) is 38.1. The summed E-state index contributed by atoms with van der Waals surface area (Å²) in [6, 6.07) is 2.41. The van der Waals surface area contributed by atoms with Gasteiger partial charge in [0.2, 0.25) is 0 Å². The second-order valence-electron chi connectivity index (χ2n) is 12.6. The Hall–Kier alpha value is -0.180. The third-order valence-electron chi connectivity index (χ3n) is 5.66. The second kappa shape index (κ2) is 8.75. The van der Waals surface area contributed by atoms with Crippen molar-refractivity contribution >= 4 is 28.2 Å². The highest BCUT2D eigenvalue weighted by Gasteiger charge is 2.35. The SMILES string of the molecule is C=c1c(CP(C(C)(C)C)C(C)(C)C)c(C)cc(C)/c1=C\P(C(C)(C)C)C(C)(C)C. The lowest BCUT2D eigenvalue weighted by molar-refractivity contribution is 0.702. The van der Waals surface area contributed by atoms with Gasteiger partial charge in [0.1, 0.15) is 0 Å². The minimum absolute atomic E-state index is 0.188. The van der Waals surface area contributed by atoms with E-state index in [1.165, 1.54) is 27.1 Å². The molecule has 0 aliphatic carbocycles. The highest BCUT2D eigenvalue weighted by Crippen LogP contribution is 2.62. The largest absolute Gasteiger partial charge is 0.0911 e. The molecule has 1 aromatic rings. The van der Waals surface area contributed by atoms with Crippen molar-refractivity contribution in [3.8, 4) is 0 Å². The molecule has 0 heterocycles. The van der Waals surface area contributed by atoms with Crippen molar-refractivity contribution in [3.05, 3.63) is 33.2 Å². The van der Waals surface area contributed by atoms with E-state index in [-0.39, 0.29) is 26.2 Å². The zero-order chi connectivity index (χ0) is 23.2. The molecule has 0 unspecified atom stereocenters. The van der Waals surface area contributed by atoms with Gasteiger partial charge in [-0.2, -0.15) is 0 Å². The third-order valence-corrected chi connectivity index (χ3v) is 12.9. The lowest BCUT2D eigenvalue weighted by Crippen LogP contribution is -2.34. The molecule has 166 valence electrons. The van der Waals surface area contributed by atoms with Crippen LogP contribution in [0.25, 0.3) is 12.4 Å². The molecule has 0 nitrogen and oxygen atoms in total. The highest BCUT2D eigenvalue weighted by atomic mass is 31.1. The molecule has 0 spiro atoms. The minimum atomic E-state index is -0.299. The Bertz CT molecular complexity index is 790. The molecule has 0 amide bonds. The van der Waals surface area contributed by atoms with Crippen LogP contribution in [0.1, 0.15) is 99.8 Å². The Morgan fingerprint density at radius 1 is 0.724 bits per heavy atom. The normalized spacial score (nSPS) is 15.0. The van der Waals surface area contributed by atoms with Gasteiger partial charge in [0.15, 0.2) is 0 Å². The molecule has 0 bridgehead atoms. The van der Waals surface area contributed by atoms with Gasteiger partial charge in [-0.25, -0.2) is 0 Å². The predicted molar refractivity (Wildman–Crippen MR) is 142 cm³/mol. The first-order valence-electron chi connectivity index (χ1n) is 11.0. The van der Waals surface area contributed by atoms with Gasteiger partial charge in [-0.05, 0) is 67.8 Å². The van der Waals surface area contributed by atoms with E-state index in [0.29, 0.717) is 10.3 Å². The maximum atomic E-state index is 4.67. The van der Waals surface area contributed by atoms with Crippen molar-refractivity contribution in [3.63, 3.8) is 0 Å². The van der Waals surface area contributed by atoms with Gasteiger partial charge >= 0.3 is 0 Å². The summed E-state index contributed by atoms with van der Waals surface area (Å²) < 4.78 is 0. The minimum Gasteiger partial charge on any atom is -0.0911 e. The van der Waals surface area contributed by atoms with Crippen LogP contribution in [0.4, 0.5) is 0 Å². The van der Waals surface area contributed by atoms with E-state index in [1.807, 2.05) is 0 Å². The summed E-state index contributed by atoms with van der Waals surface area (Å²) in [5.41, 5.74) is 4.30. The maximum absolute atomic E-state index is 4.67. The fourth-order valence-electron chi connectivity index (χ4n) is 4.69. The first kappa shape index (κ1) is 26.9. The molecule has 0 aromatic heterocycles. The highest BCUT2D eigenvalue weighted by molar-refractivity contribution is 7.69. The quantitative estimate of drug-likeness (QED) is 0.421. The summed E-state index contributed by atoms with van der Waals surface area (Å²) in [4.78, 5) is 0. The molecule has 29 heavy (non-hydrogen) atoms. The van der Waals surface area contributed by atoms with E-state index in [4.69, 9.17) is 0 Å². The lowest BCUT2D eigenvalue weighted by atomic mass is 10.0. The fourth-order valence-corrected chi connectivity index (χ4v) is 11.8. The Balaban J connectivity index is 3.75. The summed E-state index contributed by atoms with van der Waals surface area (Å²) in [5, 5.41) is 3.89. The van der Waals surface area contributed by atoms with Crippen LogP contribution in [0.5, 0.6) is 0 Å². The van der Waals surface area contributed by atoms with Crippen LogP contribution in [0.2, 0.25) is 0 Å². The maximum Gasteiger partial charge on any atom is -0.00551 e. The van der Waals surface area contributed by atoms with Crippen molar-refractivity contribution < 1.29 is 0 Å². The van der Waals surface area contributed by atoms with Gasteiger partial charge in [0.05, 0.1) is 0 Å². The predicted octanol–water partition coefficient (Wildman–Crippen LogP) is 8.11. The van der Waals surface area contributed by atoms with E-state index in [0.717, 1.165) is 6.16 Å². The zero-order valence-electron chi connectivity index (χ0n) is 22.0. The number of benzene rings is 1. The molecule has 0 saturated carbocycles. The monoisotopic (exact) mass is 434 g/mol. The molecule has 0 N–H and O–H groups in total. The second-order valence-corrected chi connectivity index (χ2v) is 20.2. The molecule has 0 radical (unpaired) electrons. The molecule has 2 heteroatoms. The number of hydrogen-bond donors (Lipinski definition) is 0. The first-order chi connectivity index (χ1) is 12.7. The summed E-state index contributed by atoms with van der Waals surface area (Å²) in [6.07, 6.45) is 1.16. The van der Waals surface area contributed by atoms with Gasteiger partial charge in [0.25, 0.3) is 0 Å². The zero-order valence-corrected chi connectivity index (χ0v) is 23.8. The third kappa shape index (κ3) is 6.91. The smallest absolute Gasteiger partial charge is 0.00551 e. The van der Waals surface area contributed by atoms with Gasteiger partial charge in [0, 0.05) is 0 Å². The van der Waals surface area contributed by atoms with Crippen LogP contribution < -0.4 is 10.4 Å². The van der Waals surface area contributed by atoms with Crippen molar-refractivity contribution in [1.82, 2.24) is 0 Å². The molecule has 0 aliphatic heterocycles. The van der Waals surface area contributed by atoms with Gasteiger partial charge in [-0.1, -0.05) is 117 Å².